The molecule has 0 saturated heterocycles. The molecular weight excluding hydrogens is 581 g/mol. The van der Waals surface area contributed by atoms with E-state index in [-0.39, 0.29) is 35.3 Å². The average Bonchev–Trinajstić information content (AvgIpc) is 3.25. The second kappa shape index (κ2) is 12.8. The number of ether oxygens (including phenoxy) is 1. The van der Waals surface area contributed by atoms with Gasteiger partial charge in [0.05, 0.1) is 18.7 Å². The smallest absolute Gasteiger partial charge is 0.255 e. The van der Waals surface area contributed by atoms with Gasteiger partial charge < -0.3 is 25.8 Å². The van der Waals surface area contributed by atoms with E-state index in [4.69, 9.17) is 10.5 Å². The Bertz CT molecular complexity index is 1450. The summed E-state index contributed by atoms with van der Waals surface area (Å²) in [6.45, 7) is 4.14. The normalized spacial score (nSPS) is 27.4. The van der Waals surface area contributed by atoms with E-state index in [9.17, 15) is 29.7 Å². The number of allylic oxidation sites excluding steroid dienone is 1. The van der Waals surface area contributed by atoms with E-state index in [0.29, 0.717) is 18.0 Å². The number of methoxy groups -OCH3 is 1. The Labute approximate surface area is 263 Å². The van der Waals surface area contributed by atoms with Crippen LogP contribution in [-0.4, -0.2) is 88.5 Å². The molecule has 1 aromatic carbocycles. The van der Waals surface area contributed by atoms with Crippen LogP contribution in [0.3, 0.4) is 0 Å². The molecule has 0 aliphatic heterocycles. The first-order valence-electron chi connectivity index (χ1n) is 16.1. The second-order valence-electron chi connectivity index (χ2n) is 13.5. The van der Waals surface area contributed by atoms with Crippen molar-refractivity contribution < 1.29 is 38.8 Å². The molecule has 4 aliphatic rings. The van der Waals surface area contributed by atoms with Crippen molar-refractivity contribution in [3.8, 4) is 5.75 Å². The lowest BCUT2D eigenvalue weighted by Gasteiger charge is -2.50. The van der Waals surface area contributed by atoms with Gasteiger partial charge in [0.15, 0.2) is 11.4 Å². The number of ketones is 2. The topological polar surface area (TPSA) is 154 Å². The molecule has 246 valence electrons. The van der Waals surface area contributed by atoms with Crippen LogP contribution in [0.25, 0.3) is 0 Å². The lowest BCUT2D eigenvalue weighted by Crippen LogP contribution is -2.63. The Kier molecular flexibility index (Phi) is 9.45. The van der Waals surface area contributed by atoms with Crippen LogP contribution < -0.4 is 10.5 Å². The molecule has 5 N–H and O–H groups in total. The number of aliphatic hydroxyl groups excluding tert-OH is 2. The van der Waals surface area contributed by atoms with Gasteiger partial charge in [0.2, 0.25) is 5.78 Å². The molecule has 0 heterocycles. The van der Waals surface area contributed by atoms with Gasteiger partial charge in [0.1, 0.15) is 28.7 Å². The first-order chi connectivity index (χ1) is 21.4. The number of hydrogen-bond acceptors (Lipinski definition) is 9. The molecule has 0 unspecified atom stereocenters. The zero-order chi connectivity index (χ0) is 32.8. The van der Waals surface area contributed by atoms with Gasteiger partial charge in [-0.25, -0.2) is 4.39 Å². The lowest BCUT2D eigenvalue weighted by atomic mass is 9.58. The molecule has 4 aliphatic carbocycles. The van der Waals surface area contributed by atoms with Crippen LogP contribution in [0.2, 0.25) is 0 Å². The highest BCUT2D eigenvalue weighted by atomic mass is 19.1. The fraction of sp³-hybridized carbons (Fsp3) is 0.618. The number of likely N-dealkylation sites (N-methyl/N-ethyl adjacent to an activating group) is 1. The number of primary amides is 1. The van der Waals surface area contributed by atoms with Crippen LogP contribution in [0.4, 0.5) is 4.39 Å². The van der Waals surface area contributed by atoms with Gasteiger partial charge in [-0.05, 0) is 70.6 Å². The fourth-order valence-electron chi connectivity index (χ4n) is 8.32. The van der Waals surface area contributed by atoms with Crippen molar-refractivity contribution in [1.29, 1.82) is 0 Å². The summed E-state index contributed by atoms with van der Waals surface area (Å²) in [4.78, 5) is 43.6. The first kappa shape index (κ1) is 33.1. The van der Waals surface area contributed by atoms with Crippen molar-refractivity contribution in [3.63, 3.8) is 0 Å². The van der Waals surface area contributed by atoms with Gasteiger partial charge in [0, 0.05) is 35.7 Å². The average molecular weight is 628 g/mol. The highest BCUT2D eigenvalue weighted by Gasteiger charge is 2.63. The highest BCUT2D eigenvalue weighted by Crippen LogP contribution is 2.52. The number of aliphatic hydroxyl groups is 3. The molecule has 10 nitrogen and oxygen atoms in total. The van der Waals surface area contributed by atoms with E-state index in [1.54, 1.807) is 20.2 Å². The van der Waals surface area contributed by atoms with Crippen molar-refractivity contribution in [2.75, 3.05) is 34.3 Å². The quantitative estimate of drug-likeness (QED) is 0.237. The van der Waals surface area contributed by atoms with Gasteiger partial charge in [-0.15, -0.1) is 0 Å². The van der Waals surface area contributed by atoms with E-state index in [1.165, 1.54) is 50.5 Å². The van der Waals surface area contributed by atoms with Crippen molar-refractivity contribution in [2.45, 2.75) is 82.9 Å². The van der Waals surface area contributed by atoms with Crippen LogP contribution >= 0.6 is 0 Å². The number of carbonyl (C=O) groups is 3. The Hall–Kier alpha value is -3.28. The third kappa shape index (κ3) is 5.57. The van der Waals surface area contributed by atoms with Crippen LogP contribution in [-0.2, 0) is 22.6 Å². The number of nitrogens with two attached hydrogens (primary N) is 1. The van der Waals surface area contributed by atoms with Crippen molar-refractivity contribution in [1.82, 2.24) is 9.80 Å². The third-order valence-electron chi connectivity index (χ3n) is 10.4. The molecule has 45 heavy (non-hydrogen) atoms. The van der Waals surface area contributed by atoms with E-state index in [0.717, 1.165) is 19.5 Å². The molecule has 0 aromatic heterocycles. The number of rotatable bonds is 9. The molecule has 4 atom stereocenters. The summed E-state index contributed by atoms with van der Waals surface area (Å²) >= 11 is 0. The number of benzene rings is 1. The minimum absolute atomic E-state index is 0.0149. The molecule has 1 aromatic rings. The van der Waals surface area contributed by atoms with Crippen molar-refractivity contribution >= 4 is 17.5 Å². The molecule has 5 rings (SSSR count). The Morgan fingerprint density at radius 1 is 1.16 bits per heavy atom. The molecule has 0 spiro atoms. The maximum Gasteiger partial charge on any atom is 0.255 e. The van der Waals surface area contributed by atoms with E-state index in [1.807, 2.05) is 0 Å². The number of Topliss-reactive ketones (excluding diaryl/α,β-unsaturated/α-hetero) is 2. The predicted molar refractivity (Wildman–Crippen MR) is 165 cm³/mol. The Balaban J connectivity index is 1.56. The van der Waals surface area contributed by atoms with Crippen LogP contribution in [0.1, 0.15) is 79.8 Å². The summed E-state index contributed by atoms with van der Waals surface area (Å²) in [6.07, 6.45) is 8.16. The minimum atomic E-state index is -2.69. The highest BCUT2D eigenvalue weighted by molar-refractivity contribution is 6.24. The molecule has 0 radical (unpaired) electrons. The van der Waals surface area contributed by atoms with Gasteiger partial charge in [-0.2, -0.15) is 0 Å². The van der Waals surface area contributed by atoms with Crippen LogP contribution in [0, 0.1) is 23.6 Å². The molecule has 1 saturated carbocycles. The fourth-order valence-corrected chi connectivity index (χ4v) is 8.32. The third-order valence-corrected chi connectivity index (χ3v) is 10.4. The lowest BCUT2D eigenvalue weighted by molar-refractivity contribution is -0.148. The van der Waals surface area contributed by atoms with Crippen LogP contribution in [0.5, 0.6) is 5.75 Å². The first-order valence-corrected chi connectivity index (χ1v) is 16.1. The SMILES string of the molecule is CCCN(Cc1cc(OC)c2c(c1F)C[C@H]1C[C@H]3[C@H](N(C)C)C(O)=C(C(N)=O)C(=O)[C@@]3(O)C(O)=C1C2=O)CC1CCCCCC1. The Morgan fingerprint density at radius 2 is 1.82 bits per heavy atom. The zero-order valence-corrected chi connectivity index (χ0v) is 26.7. The van der Waals surface area contributed by atoms with Crippen LogP contribution in [0.15, 0.2) is 28.7 Å². The maximum absolute atomic E-state index is 16.5. The summed E-state index contributed by atoms with van der Waals surface area (Å²) in [7, 11) is 4.56. The number of hydrogen-bond donors (Lipinski definition) is 4. The number of carbonyl (C=O) groups excluding carboxylic acids is 3. The Morgan fingerprint density at radius 3 is 2.40 bits per heavy atom. The molecule has 11 heteroatoms. The summed E-state index contributed by atoms with van der Waals surface area (Å²) in [5, 5.41) is 34.3. The largest absolute Gasteiger partial charge is 0.510 e. The molecule has 0 bridgehead atoms. The number of amides is 1. The van der Waals surface area contributed by atoms with Gasteiger partial charge in [0.25, 0.3) is 5.91 Å². The summed E-state index contributed by atoms with van der Waals surface area (Å²) in [6, 6.07) is 0.465. The number of nitrogens with zero attached hydrogens (tertiary/aromatic N) is 2. The van der Waals surface area contributed by atoms with Gasteiger partial charge in [-0.3, -0.25) is 24.2 Å². The standard InChI is InChI=1S/C34H46FN3O7/c1-5-12-38(16-18-10-8-6-7-9-11-18)17-20-15-23(45-4)25-21(27(20)35)13-19-14-22-28(37(2)3)30(40)26(33(36)43)32(42)34(22,44)31(41)24(19)29(25)39/h15,18-19,22,28,40-41,44H,5-14,16-17H2,1-4H3,(H2,36,43)/t19-,22-,28-,34-/m0/s1. The molecular formula is C34H46FN3O7. The van der Waals surface area contributed by atoms with Crippen molar-refractivity contribution in [3.05, 3.63) is 51.2 Å². The van der Waals surface area contributed by atoms with Gasteiger partial charge >= 0.3 is 0 Å². The minimum Gasteiger partial charge on any atom is -0.510 e. The number of fused-ring (bicyclic) bond motifs is 3. The summed E-state index contributed by atoms with van der Waals surface area (Å²) < 4.78 is 22.1. The van der Waals surface area contributed by atoms with E-state index in [2.05, 4.69) is 11.8 Å². The summed E-state index contributed by atoms with van der Waals surface area (Å²) in [5.74, 6) is -6.46. The van der Waals surface area contributed by atoms with E-state index < -0.39 is 63.9 Å². The second-order valence-corrected chi connectivity index (χ2v) is 13.5. The number of halogens is 1. The molecule has 1 fully saturated rings. The monoisotopic (exact) mass is 627 g/mol. The molecule has 1 amide bonds. The summed E-state index contributed by atoms with van der Waals surface area (Å²) in [5.41, 5.74) is 2.23. The van der Waals surface area contributed by atoms with E-state index >= 15 is 4.39 Å². The maximum atomic E-state index is 16.5. The van der Waals surface area contributed by atoms with Gasteiger partial charge in [-0.1, -0.05) is 32.6 Å². The predicted octanol–water partition coefficient (Wildman–Crippen LogP) is 3.75. The zero-order valence-electron chi connectivity index (χ0n) is 26.7. The van der Waals surface area contributed by atoms with Crippen molar-refractivity contribution in [2.24, 2.45) is 23.5 Å².